The van der Waals surface area contributed by atoms with E-state index in [1.54, 1.807) is 0 Å². The minimum atomic E-state index is -3.93. The van der Waals surface area contributed by atoms with E-state index < -0.39 is 22.8 Å². The lowest BCUT2D eigenvalue weighted by atomic mass is 10.1. The van der Waals surface area contributed by atoms with Crippen LogP contribution in [0.15, 0.2) is 24.3 Å². The number of carbonyl (C=O) groups is 1. The van der Waals surface area contributed by atoms with E-state index >= 15 is 0 Å². The maximum absolute atomic E-state index is 12.1. The second kappa shape index (κ2) is 10.6. The fourth-order valence-electron chi connectivity index (χ4n) is 2.85. The normalized spacial score (nSPS) is 15.3. The number of hydrogen-bond acceptors (Lipinski definition) is 8. The summed E-state index contributed by atoms with van der Waals surface area (Å²) >= 11 is 7.46. The van der Waals surface area contributed by atoms with Crippen LogP contribution >= 0.6 is 22.9 Å². The summed E-state index contributed by atoms with van der Waals surface area (Å²) in [5.74, 6) is -0.602. The number of carbonyl (C=O) groups excluding carboxylic acids is 1. The van der Waals surface area contributed by atoms with Gasteiger partial charge in [0.15, 0.2) is 5.13 Å². The topological polar surface area (TPSA) is 110 Å². The Morgan fingerprint density at radius 3 is 2.83 bits per heavy atom. The zero-order valence-corrected chi connectivity index (χ0v) is 18.8. The number of rotatable bonds is 9. The number of aromatic nitrogens is 1. The fraction of sp³-hybridized carbons (Fsp3) is 0.444. The third kappa shape index (κ3) is 6.98. The van der Waals surface area contributed by atoms with Gasteiger partial charge in [-0.1, -0.05) is 23.7 Å². The summed E-state index contributed by atoms with van der Waals surface area (Å²) in [6, 6.07) is 7.59. The van der Waals surface area contributed by atoms with Crippen molar-refractivity contribution in [1.29, 1.82) is 0 Å². The van der Waals surface area contributed by atoms with Crippen LogP contribution in [0.1, 0.15) is 16.1 Å². The van der Waals surface area contributed by atoms with Gasteiger partial charge in [0.25, 0.3) is 5.91 Å². The maximum Gasteiger partial charge on any atom is 0.336 e. The fourth-order valence-corrected chi connectivity index (χ4v) is 4.46. The predicted octanol–water partition coefficient (Wildman–Crippen LogP) is 1.64. The number of benzene rings is 1. The molecule has 1 aromatic carbocycles. The molecular formula is C18H23ClN4O5S2. The minimum absolute atomic E-state index is 0.394. The van der Waals surface area contributed by atoms with Crippen LogP contribution in [0.3, 0.4) is 0 Å². The Morgan fingerprint density at radius 1 is 1.37 bits per heavy atom. The second-order valence-electron chi connectivity index (χ2n) is 6.55. The van der Waals surface area contributed by atoms with Crippen molar-refractivity contribution in [2.24, 2.45) is 0 Å². The van der Waals surface area contributed by atoms with Crippen molar-refractivity contribution >= 4 is 44.3 Å². The lowest BCUT2D eigenvalue weighted by Crippen LogP contribution is -2.36. The summed E-state index contributed by atoms with van der Waals surface area (Å²) in [7, 11) is -2.73. The summed E-state index contributed by atoms with van der Waals surface area (Å²) in [5, 5.41) is 3.67. The Morgan fingerprint density at radius 2 is 2.13 bits per heavy atom. The lowest BCUT2D eigenvalue weighted by Gasteiger charge is -2.26. The van der Waals surface area contributed by atoms with E-state index in [2.05, 4.69) is 19.4 Å². The number of ether oxygens (including phenoxy) is 1. The van der Waals surface area contributed by atoms with Crippen molar-refractivity contribution in [2.75, 3.05) is 45.3 Å². The number of nitrogens with zero attached hydrogens (tertiary/aromatic N) is 2. The molecule has 9 nitrogen and oxygen atoms in total. The molecule has 1 amide bonds. The van der Waals surface area contributed by atoms with Crippen LogP contribution in [0.4, 0.5) is 5.13 Å². The molecule has 0 aliphatic carbocycles. The number of nitrogens with one attached hydrogen (secondary N) is 2. The van der Waals surface area contributed by atoms with Crippen LogP contribution < -0.4 is 10.0 Å². The molecule has 2 aromatic rings. The van der Waals surface area contributed by atoms with Crippen molar-refractivity contribution in [1.82, 2.24) is 14.6 Å². The van der Waals surface area contributed by atoms with E-state index in [9.17, 15) is 13.2 Å². The smallest absolute Gasteiger partial charge is 0.336 e. The van der Waals surface area contributed by atoms with Crippen molar-refractivity contribution in [3.05, 3.63) is 45.4 Å². The molecular weight excluding hydrogens is 452 g/mol. The second-order valence-corrected chi connectivity index (χ2v) is 9.62. The Bertz CT molecular complexity index is 977. The zero-order valence-electron chi connectivity index (χ0n) is 16.4. The Balaban J connectivity index is 1.73. The molecule has 3 rings (SSSR count). The zero-order chi connectivity index (χ0) is 21.6. The molecule has 1 aliphatic rings. The van der Waals surface area contributed by atoms with Crippen LogP contribution in [-0.4, -0.2) is 64.2 Å². The van der Waals surface area contributed by atoms with Gasteiger partial charge in [-0.25, -0.2) is 9.17 Å². The molecule has 1 fully saturated rings. The largest absolute Gasteiger partial charge is 0.379 e. The first-order valence-electron chi connectivity index (χ1n) is 9.25. The molecule has 0 atom stereocenters. The van der Waals surface area contributed by atoms with Crippen molar-refractivity contribution in [2.45, 2.75) is 13.0 Å². The van der Waals surface area contributed by atoms with Crippen LogP contribution in [0, 0.1) is 0 Å². The number of thiazole rings is 1. The highest BCUT2D eigenvalue weighted by molar-refractivity contribution is 7.84. The van der Waals surface area contributed by atoms with Crippen LogP contribution in [0.25, 0.3) is 0 Å². The number of hydrogen-bond donors (Lipinski definition) is 2. The minimum Gasteiger partial charge on any atom is -0.379 e. The Labute approximate surface area is 184 Å². The Hall–Kier alpha value is -1.60. The molecule has 0 radical (unpaired) electrons. The molecule has 0 bridgehead atoms. The van der Waals surface area contributed by atoms with Gasteiger partial charge in [-0.3, -0.25) is 15.0 Å². The summed E-state index contributed by atoms with van der Waals surface area (Å²) in [4.78, 5) is 19.9. The van der Waals surface area contributed by atoms with E-state index in [4.69, 9.17) is 16.3 Å². The van der Waals surface area contributed by atoms with Crippen LogP contribution in [-0.2, 0) is 37.0 Å². The molecule has 2 heterocycles. The van der Waals surface area contributed by atoms with E-state index in [0.29, 0.717) is 36.3 Å². The van der Waals surface area contributed by atoms with E-state index in [1.807, 2.05) is 29.0 Å². The van der Waals surface area contributed by atoms with Gasteiger partial charge in [-0.05, 0) is 17.7 Å². The van der Waals surface area contributed by atoms with Gasteiger partial charge in [-0.15, -0.1) is 11.3 Å². The SMILES string of the molecule is CNS(=O)(=O)OCC(=O)Nc1nc(CN2CCOCC2)c(Cc2cccc(Cl)c2)s1. The van der Waals surface area contributed by atoms with Crippen LogP contribution in [0.5, 0.6) is 0 Å². The lowest BCUT2D eigenvalue weighted by molar-refractivity contribution is -0.118. The first kappa shape index (κ1) is 23.1. The first-order chi connectivity index (χ1) is 14.3. The first-order valence-corrected chi connectivity index (χ1v) is 11.9. The average Bonchev–Trinajstić information content (AvgIpc) is 3.08. The van der Waals surface area contributed by atoms with Crippen molar-refractivity contribution in [3.63, 3.8) is 0 Å². The third-order valence-electron chi connectivity index (χ3n) is 4.35. The molecule has 1 aliphatic heterocycles. The molecule has 2 N–H and O–H groups in total. The molecule has 1 aromatic heterocycles. The summed E-state index contributed by atoms with van der Waals surface area (Å²) in [6.45, 7) is 2.97. The molecule has 0 spiro atoms. The standard InChI is InChI=1S/C18H23ClN4O5S2/c1-20-30(25,26)28-12-17(24)22-18-21-15(11-23-5-7-27-8-6-23)16(29-18)10-13-3-2-4-14(19)9-13/h2-4,9,20H,5-8,10-12H2,1H3,(H,21,22,24). The predicted molar refractivity (Wildman–Crippen MR) is 115 cm³/mol. The summed E-state index contributed by atoms with van der Waals surface area (Å²) in [6.07, 6.45) is 0.623. The van der Waals surface area contributed by atoms with E-state index in [0.717, 1.165) is 29.2 Å². The van der Waals surface area contributed by atoms with Gasteiger partial charge >= 0.3 is 10.3 Å². The van der Waals surface area contributed by atoms with Gasteiger partial charge in [0, 0.05) is 43.0 Å². The Kier molecular flexibility index (Phi) is 8.17. The number of halogens is 1. The molecule has 30 heavy (non-hydrogen) atoms. The van der Waals surface area contributed by atoms with Gasteiger partial charge in [0.1, 0.15) is 6.61 Å². The number of amides is 1. The van der Waals surface area contributed by atoms with Gasteiger partial charge in [0.2, 0.25) is 0 Å². The number of morpholine rings is 1. The summed E-state index contributed by atoms with van der Waals surface area (Å²) < 4.78 is 34.6. The van der Waals surface area contributed by atoms with Crippen molar-refractivity contribution < 1.29 is 22.1 Å². The molecule has 1 saturated heterocycles. The van der Waals surface area contributed by atoms with E-state index in [-0.39, 0.29) is 0 Å². The maximum atomic E-state index is 12.1. The highest BCUT2D eigenvalue weighted by Crippen LogP contribution is 2.28. The average molecular weight is 475 g/mol. The van der Waals surface area contributed by atoms with Crippen molar-refractivity contribution in [3.8, 4) is 0 Å². The van der Waals surface area contributed by atoms with Gasteiger partial charge in [-0.2, -0.15) is 13.1 Å². The molecule has 164 valence electrons. The monoisotopic (exact) mass is 474 g/mol. The molecule has 12 heteroatoms. The van der Waals surface area contributed by atoms with Crippen LogP contribution in [0.2, 0.25) is 5.02 Å². The van der Waals surface area contributed by atoms with E-state index in [1.165, 1.54) is 18.4 Å². The van der Waals surface area contributed by atoms with Gasteiger partial charge < -0.3 is 4.74 Å². The molecule has 0 unspecified atom stereocenters. The van der Waals surface area contributed by atoms with Gasteiger partial charge in [0.05, 0.1) is 18.9 Å². The highest BCUT2D eigenvalue weighted by atomic mass is 35.5. The summed E-state index contributed by atoms with van der Waals surface area (Å²) in [5.41, 5.74) is 1.90. The number of anilines is 1. The quantitative estimate of drug-likeness (QED) is 0.568. The molecule has 0 saturated carbocycles. The highest BCUT2D eigenvalue weighted by Gasteiger charge is 2.19. The third-order valence-corrected chi connectivity index (χ3v) is 6.53.